The second-order valence-corrected chi connectivity index (χ2v) is 13.6. The van der Waals surface area contributed by atoms with Crippen molar-refractivity contribution in [1.82, 2.24) is 4.90 Å². The first-order valence-corrected chi connectivity index (χ1v) is 15.2. The molecule has 15 heteroatoms. The molecular formula is C29H33IN6O8. The van der Waals surface area contributed by atoms with Gasteiger partial charge < -0.3 is 32.8 Å². The second kappa shape index (κ2) is 10.7. The highest BCUT2D eigenvalue weighted by molar-refractivity contribution is 14.1. The molecule has 0 bridgehead atoms. The van der Waals surface area contributed by atoms with E-state index in [1.54, 1.807) is 6.07 Å². The normalized spacial score (nSPS) is 37.1. The fourth-order valence-corrected chi connectivity index (χ4v) is 8.76. The molecule has 4 aliphatic carbocycles. The predicted octanol–water partition coefficient (Wildman–Crippen LogP) is -1.03. The summed E-state index contributed by atoms with van der Waals surface area (Å²) >= 11 is 1.87. The number of esters is 1. The van der Waals surface area contributed by atoms with E-state index in [2.05, 4.69) is 0 Å². The number of phenols is 1. The minimum atomic E-state index is -3.12. The number of nitrogens with two attached hydrogens (primary N) is 4. The average molecular weight is 721 g/mol. The predicted molar refractivity (Wildman–Crippen MR) is 159 cm³/mol. The number of benzene rings is 1. The highest BCUT2D eigenvalue weighted by atomic mass is 127. The monoisotopic (exact) mass is 720 g/mol. The third kappa shape index (κ3) is 3.84. The Kier molecular flexibility index (Phi) is 7.77. The molecule has 3 fully saturated rings. The summed E-state index contributed by atoms with van der Waals surface area (Å²) in [6.45, 7) is 0. The number of ketones is 4. The molecule has 9 N–H and O–H groups in total. The lowest BCUT2D eigenvalue weighted by Crippen LogP contribution is -2.92. The molecule has 5 rings (SSSR count). The van der Waals surface area contributed by atoms with Gasteiger partial charge in [-0.2, -0.15) is 5.26 Å². The molecule has 0 aliphatic heterocycles. The summed E-state index contributed by atoms with van der Waals surface area (Å²) in [5.41, 5.74) is 17.7. The molecular weight excluding hydrogens is 687 g/mol. The Hall–Kier alpha value is -3.30. The molecule has 1 aromatic rings. The van der Waals surface area contributed by atoms with Crippen molar-refractivity contribution in [1.29, 1.82) is 5.26 Å². The Morgan fingerprint density at radius 1 is 1.09 bits per heavy atom. The van der Waals surface area contributed by atoms with Crippen LogP contribution in [0.2, 0.25) is 0 Å². The molecule has 0 aromatic heterocycles. The molecule has 2 unspecified atom stereocenters. The van der Waals surface area contributed by atoms with Crippen molar-refractivity contribution in [2.45, 2.75) is 61.4 Å². The van der Waals surface area contributed by atoms with E-state index in [9.17, 15) is 39.1 Å². The number of rotatable bonds is 4. The van der Waals surface area contributed by atoms with Gasteiger partial charge >= 0.3 is 5.97 Å². The van der Waals surface area contributed by atoms with E-state index in [1.807, 2.05) is 22.6 Å². The van der Waals surface area contributed by atoms with Crippen LogP contribution in [0.25, 0.3) is 0 Å². The quantitative estimate of drug-likeness (QED) is 0.142. The number of aromatic hydroxyl groups is 1. The van der Waals surface area contributed by atoms with Crippen molar-refractivity contribution in [3.63, 3.8) is 0 Å². The Balaban J connectivity index is 1.88. The lowest BCUT2D eigenvalue weighted by molar-refractivity contribution is -0.197. The molecule has 0 radical (unpaired) electrons. The van der Waals surface area contributed by atoms with Crippen molar-refractivity contribution >= 4 is 57.6 Å². The smallest absolute Gasteiger partial charge is 0.309 e. The number of amides is 1. The van der Waals surface area contributed by atoms with Gasteiger partial charge in [0.2, 0.25) is 5.91 Å². The topological polar surface area (TPSA) is 263 Å². The SMILES string of the molecule is CN(C)[C@@H]1C(=O)C(C(N)=O)C(=O)[C@@]2(C#N)C(=O)C3C(=O)c4c(O)ccc(I)c4[C@H](N)[C@@]3(N)[C@H](OC(=O)C3CCCCC3)[C@@]12N. The summed E-state index contributed by atoms with van der Waals surface area (Å²) in [5.74, 6) is -13.0. The van der Waals surface area contributed by atoms with Gasteiger partial charge in [-0.15, -0.1) is 0 Å². The zero-order valence-corrected chi connectivity index (χ0v) is 26.2. The number of nitrogens with zero attached hydrogens (tertiary/aromatic N) is 2. The Labute approximate surface area is 265 Å². The average Bonchev–Trinajstić information content (AvgIpc) is 2.95. The van der Waals surface area contributed by atoms with Crippen molar-refractivity contribution in [3.8, 4) is 11.8 Å². The van der Waals surface area contributed by atoms with Crippen LogP contribution in [-0.4, -0.2) is 82.3 Å². The molecule has 1 aromatic carbocycles. The van der Waals surface area contributed by atoms with Crippen LogP contribution in [0.15, 0.2) is 12.1 Å². The number of hydrogen-bond acceptors (Lipinski definition) is 13. The highest BCUT2D eigenvalue weighted by Gasteiger charge is 2.84. The third-order valence-corrected chi connectivity index (χ3v) is 10.9. The van der Waals surface area contributed by atoms with Crippen molar-refractivity contribution < 1.29 is 38.6 Å². The number of likely N-dealkylation sites (N-methyl/N-ethyl adjacent to an activating group) is 1. The molecule has 0 heterocycles. The van der Waals surface area contributed by atoms with Gasteiger partial charge in [0.25, 0.3) is 0 Å². The number of halogens is 1. The zero-order chi connectivity index (χ0) is 32.7. The Bertz CT molecular complexity index is 1570. The van der Waals surface area contributed by atoms with E-state index in [0.717, 1.165) is 19.3 Å². The summed E-state index contributed by atoms with van der Waals surface area (Å²) in [5, 5.41) is 21.5. The minimum Gasteiger partial charge on any atom is -0.507 e. The summed E-state index contributed by atoms with van der Waals surface area (Å²) in [4.78, 5) is 84.6. The lowest BCUT2D eigenvalue weighted by Gasteiger charge is -2.64. The number of fused-ring (bicyclic) bond motifs is 3. The fourth-order valence-electron chi connectivity index (χ4n) is 7.98. The van der Waals surface area contributed by atoms with E-state index in [4.69, 9.17) is 27.7 Å². The molecule has 234 valence electrons. The van der Waals surface area contributed by atoms with Gasteiger partial charge in [-0.3, -0.25) is 33.7 Å². The van der Waals surface area contributed by atoms with E-state index in [0.29, 0.717) is 16.4 Å². The first-order valence-electron chi connectivity index (χ1n) is 14.1. The molecule has 4 aliphatic rings. The van der Waals surface area contributed by atoms with Crippen LogP contribution in [0.4, 0.5) is 0 Å². The van der Waals surface area contributed by atoms with Gasteiger partial charge in [0.1, 0.15) is 23.3 Å². The molecule has 0 spiro atoms. The number of carbonyl (C=O) groups is 6. The van der Waals surface area contributed by atoms with Gasteiger partial charge in [0.15, 0.2) is 34.5 Å². The second-order valence-electron chi connectivity index (χ2n) is 12.4. The van der Waals surface area contributed by atoms with Gasteiger partial charge in [-0.25, -0.2) is 0 Å². The first kappa shape index (κ1) is 32.1. The largest absolute Gasteiger partial charge is 0.507 e. The first-order chi connectivity index (χ1) is 20.5. The molecule has 8 atom stereocenters. The fraction of sp³-hybridized carbons (Fsp3) is 0.552. The molecule has 44 heavy (non-hydrogen) atoms. The van der Waals surface area contributed by atoms with Crippen LogP contribution in [-0.2, 0) is 28.7 Å². The molecule has 3 saturated carbocycles. The Morgan fingerprint density at radius 2 is 1.70 bits per heavy atom. The maximum atomic E-state index is 14.7. The van der Waals surface area contributed by atoms with Crippen molar-refractivity contribution in [2.24, 2.45) is 46.1 Å². The number of carbonyl (C=O) groups excluding carboxylic acids is 6. The maximum Gasteiger partial charge on any atom is 0.309 e. The van der Waals surface area contributed by atoms with Crippen molar-refractivity contribution in [2.75, 3.05) is 14.1 Å². The number of hydrogen-bond donors (Lipinski definition) is 5. The van der Waals surface area contributed by atoms with Gasteiger partial charge in [0, 0.05) is 3.57 Å². The van der Waals surface area contributed by atoms with E-state index in [1.165, 1.54) is 31.1 Å². The van der Waals surface area contributed by atoms with E-state index < -0.39 is 93.2 Å². The van der Waals surface area contributed by atoms with Crippen LogP contribution in [0.5, 0.6) is 5.75 Å². The number of Topliss-reactive ketones (excluding diaryl/α,β-unsaturated/α-hetero) is 4. The Morgan fingerprint density at radius 3 is 2.25 bits per heavy atom. The number of ether oxygens (including phenoxy) is 1. The third-order valence-electron chi connectivity index (χ3n) is 9.98. The number of nitriles is 1. The zero-order valence-electron chi connectivity index (χ0n) is 24.0. The molecule has 0 saturated heterocycles. The highest BCUT2D eigenvalue weighted by Crippen LogP contribution is 2.59. The number of primary amides is 1. The van der Waals surface area contributed by atoms with Gasteiger partial charge in [-0.05, 0) is 67.2 Å². The lowest BCUT2D eigenvalue weighted by atomic mass is 9.41. The van der Waals surface area contributed by atoms with E-state index in [-0.39, 0.29) is 11.1 Å². The van der Waals surface area contributed by atoms with Crippen LogP contribution < -0.4 is 22.9 Å². The van der Waals surface area contributed by atoms with Gasteiger partial charge in [0.05, 0.1) is 35.2 Å². The van der Waals surface area contributed by atoms with Crippen LogP contribution in [0.3, 0.4) is 0 Å². The molecule has 1 amide bonds. The van der Waals surface area contributed by atoms with Crippen LogP contribution >= 0.6 is 22.6 Å². The minimum absolute atomic E-state index is 0.0406. The standard InChI is InChI=1S/C29H33IN6O8/c1-36(2)21-19(39)16(24(33)42)22(40)27(10-31)23(41)17-18(38)15-13(37)9-8-12(30)14(15)20(32)28(17,34)26(29(21,27)35)44-25(43)11-6-4-3-5-7-11/h8-9,11,16-17,20-21,26,37H,3-7,32,34-35H2,1-2H3,(H2,33,42)/t16?,17?,20-,21+,26-,27-,28+,29-/m0/s1. The summed E-state index contributed by atoms with van der Waals surface area (Å²) in [7, 11) is 2.71. The maximum absolute atomic E-state index is 14.7. The number of phenolic OH excluding ortho intramolecular Hbond substituents is 1. The van der Waals surface area contributed by atoms with Crippen LogP contribution in [0.1, 0.15) is 54.1 Å². The summed E-state index contributed by atoms with van der Waals surface area (Å²) < 4.78 is 6.47. The van der Waals surface area contributed by atoms with Crippen molar-refractivity contribution in [3.05, 3.63) is 26.8 Å². The van der Waals surface area contributed by atoms with Crippen LogP contribution in [0, 0.1) is 38.1 Å². The van der Waals surface area contributed by atoms with E-state index >= 15 is 0 Å². The van der Waals surface area contributed by atoms with Gasteiger partial charge in [-0.1, -0.05) is 19.3 Å². The summed E-state index contributed by atoms with van der Waals surface area (Å²) in [6, 6.07) is 0.988. The summed E-state index contributed by atoms with van der Waals surface area (Å²) in [6.07, 6.45) is 1.16. The molecule has 14 nitrogen and oxygen atoms in total.